The standard InChI is InChI=1S/C9H17N5S/c1-10-9-12-11-8(15-9)7-14-5-3-13(2)4-6-14/h3-7H2,1-2H3,(H,10,12). The van der Waals surface area contributed by atoms with Gasteiger partial charge >= 0.3 is 0 Å². The second-order valence-electron chi connectivity index (χ2n) is 3.83. The zero-order valence-corrected chi connectivity index (χ0v) is 10.0. The van der Waals surface area contributed by atoms with E-state index in [0.717, 1.165) is 42.9 Å². The Balaban J connectivity index is 1.86. The van der Waals surface area contributed by atoms with Crippen molar-refractivity contribution in [1.82, 2.24) is 20.0 Å². The Morgan fingerprint density at radius 1 is 1.27 bits per heavy atom. The molecule has 1 aromatic heterocycles. The van der Waals surface area contributed by atoms with Crippen molar-refractivity contribution in [2.24, 2.45) is 0 Å². The van der Waals surface area contributed by atoms with Crippen LogP contribution < -0.4 is 5.32 Å². The van der Waals surface area contributed by atoms with Gasteiger partial charge in [-0.3, -0.25) is 4.90 Å². The van der Waals surface area contributed by atoms with E-state index in [1.54, 1.807) is 11.3 Å². The largest absolute Gasteiger partial charge is 0.363 e. The van der Waals surface area contributed by atoms with Crippen LogP contribution in [0.2, 0.25) is 0 Å². The highest BCUT2D eigenvalue weighted by Crippen LogP contribution is 2.16. The molecule has 1 aliphatic rings. The van der Waals surface area contributed by atoms with Gasteiger partial charge in [-0.25, -0.2) is 0 Å². The summed E-state index contributed by atoms with van der Waals surface area (Å²) >= 11 is 1.64. The zero-order chi connectivity index (χ0) is 10.7. The number of piperazine rings is 1. The summed E-state index contributed by atoms with van der Waals surface area (Å²) in [6, 6.07) is 0. The maximum atomic E-state index is 4.15. The highest BCUT2D eigenvalue weighted by molar-refractivity contribution is 7.15. The summed E-state index contributed by atoms with van der Waals surface area (Å²) in [7, 11) is 4.04. The topological polar surface area (TPSA) is 44.3 Å². The van der Waals surface area contributed by atoms with E-state index in [1.165, 1.54) is 0 Å². The monoisotopic (exact) mass is 227 g/mol. The Morgan fingerprint density at radius 2 is 2.00 bits per heavy atom. The Kier molecular flexibility index (Phi) is 3.50. The van der Waals surface area contributed by atoms with E-state index in [2.05, 4.69) is 32.4 Å². The van der Waals surface area contributed by atoms with E-state index in [4.69, 9.17) is 0 Å². The van der Waals surface area contributed by atoms with Gasteiger partial charge in [-0.05, 0) is 7.05 Å². The van der Waals surface area contributed by atoms with Gasteiger partial charge in [-0.15, -0.1) is 10.2 Å². The highest BCUT2D eigenvalue weighted by atomic mass is 32.1. The lowest BCUT2D eigenvalue weighted by Crippen LogP contribution is -2.43. The van der Waals surface area contributed by atoms with Crippen LogP contribution >= 0.6 is 11.3 Å². The van der Waals surface area contributed by atoms with Gasteiger partial charge in [0.15, 0.2) is 0 Å². The predicted octanol–water partition coefficient (Wildman–Crippen LogP) is 0.327. The van der Waals surface area contributed by atoms with Crippen LogP contribution in [0.25, 0.3) is 0 Å². The lowest BCUT2D eigenvalue weighted by molar-refractivity contribution is 0.148. The van der Waals surface area contributed by atoms with Crippen molar-refractivity contribution in [3.63, 3.8) is 0 Å². The third-order valence-electron chi connectivity index (χ3n) is 2.64. The second kappa shape index (κ2) is 4.87. The van der Waals surface area contributed by atoms with E-state index < -0.39 is 0 Å². The molecule has 1 aromatic rings. The fourth-order valence-corrected chi connectivity index (χ4v) is 2.35. The molecule has 84 valence electrons. The van der Waals surface area contributed by atoms with Crippen LogP contribution in [0, 0.1) is 0 Å². The number of aromatic nitrogens is 2. The predicted molar refractivity (Wildman–Crippen MR) is 62.2 cm³/mol. The van der Waals surface area contributed by atoms with Crippen LogP contribution in [0.4, 0.5) is 5.13 Å². The summed E-state index contributed by atoms with van der Waals surface area (Å²) in [5.74, 6) is 0. The van der Waals surface area contributed by atoms with Crippen LogP contribution in [0.15, 0.2) is 0 Å². The number of hydrogen-bond acceptors (Lipinski definition) is 6. The van der Waals surface area contributed by atoms with Gasteiger partial charge in [-0.1, -0.05) is 11.3 Å². The molecule has 2 rings (SSSR count). The maximum absolute atomic E-state index is 4.15. The van der Waals surface area contributed by atoms with Crippen molar-refractivity contribution in [1.29, 1.82) is 0 Å². The van der Waals surface area contributed by atoms with Crippen LogP contribution in [0.1, 0.15) is 5.01 Å². The van der Waals surface area contributed by atoms with Crippen LogP contribution in [0.5, 0.6) is 0 Å². The van der Waals surface area contributed by atoms with Crippen molar-refractivity contribution in [3.05, 3.63) is 5.01 Å². The van der Waals surface area contributed by atoms with E-state index in [-0.39, 0.29) is 0 Å². The van der Waals surface area contributed by atoms with Gasteiger partial charge in [0, 0.05) is 33.2 Å². The number of nitrogens with one attached hydrogen (secondary N) is 1. The molecule has 0 atom stereocenters. The molecule has 0 aromatic carbocycles. The molecule has 0 saturated carbocycles. The summed E-state index contributed by atoms with van der Waals surface area (Å²) in [5, 5.41) is 13.2. The maximum Gasteiger partial charge on any atom is 0.205 e. The summed E-state index contributed by atoms with van der Waals surface area (Å²) in [5.41, 5.74) is 0. The highest BCUT2D eigenvalue weighted by Gasteiger charge is 2.15. The van der Waals surface area contributed by atoms with Gasteiger partial charge in [0.1, 0.15) is 5.01 Å². The van der Waals surface area contributed by atoms with Crippen molar-refractivity contribution in [3.8, 4) is 0 Å². The third-order valence-corrected chi connectivity index (χ3v) is 3.56. The van der Waals surface area contributed by atoms with Gasteiger partial charge in [0.2, 0.25) is 5.13 Å². The van der Waals surface area contributed by atoms with E-state index in [1.807, 2.05) is 7.05 Å². The van der Waals surface area contributed by atoms with E-state index in [0.29, 0.717) is 0 Å². The smallest absolute Gasteiger partial charge is 0.205 e. The van der Waals surface area contributed by atoms with E-state index in [9.17, 15) is 0 Å². The molecular weight excluding hydrogens is 210 g/mol. The first kappa shape index (κ1) is 10.8. The average Bonchev–Trinajstić information content (AvgIpc) is 2.69. The summed E-state index contributed by atoms with van der Waals surface area (Å²) in [4.78, 5) is 4.79. The third kappa shape index (κ3) is 2.87. The quantitative estimate of drug-likeness (QED) is 0.806. The number of rotatable bonds is 3. The lowest BCUT2D eigenvalue weighted by atomic mass is 10.3. The van der Waals surface area contributed by atoms with Gasteiger partial charge < -0.3 is 10.2 Å². The number of likely N-dealkylation sites (N-methyl/N-ethyl adjacent to an activating group) is 1. The molecule has 0 bridgehead atoms. The molecule has 0 aliphatic carbocycles. The Hall–Kier alpha value is -0.720. The lowest BCUT2D eigenvalue weighted by Gasteiger charge is -2.31. The summed E-state index contributed by atoms with van der Waals surface area (Å²) in [6.45, 7) is 5.50. The fourth-order valence-electron chi connectivity index (χ4n) is 1.62. The zero-order valence-electron chi connectivity index (χ0n) is 9.23. The molecular formula is C9H17N5S. The Bertz CT molecular complexity index is 305. The molecule has 5 nitrogen and oxygen atoms in total. The van der Waals surface area contributed by atoms with E-state index >= 15 is 0 Å². The first-order valence-electron chi connectivity index (χ1n) is 5.19. The fraction of sp³-hybridized carbons (Fsp3) is 0.778. The first-order valence-corrected chi connectivity index (χ1v) is 6.00. The molecule has 0 unspecified atom stereocenters. The second-order valence-corrected chi connectivity index (χ2v) is 4.89. The first-order chi connectivity index (χ1) is 7.28. The minimum atomic E-state index is 0.902. The van der Waals surface area contributed by atoms with Gasteiger partial charge in [-0.2, -0.15) is 0 Å². The molecule has 15 heavy (non-hydrogen) atoms. The minimum absolute atomic E-state index is 0.902. The molecule has 0 radical (unpaired) electrons. The van der Waals surface area contributed by atoms with Crippen LogP contribution in [-0.4, -0.2) is 60.3 Å². The minimum Gasteiger partial charge on any atom is -0.363 e. The number of anilines is 1. The molecule has 6 heteroatoms. The SMILES string of the molecule is CNc1nnc(CN2CCN(C)CC2)s1. The van der Waals surface area contributed by atoms with Gasteiger partial charge in [0.05, 0.1) is 6.54 Å². The normalized spacial score (nSPS) is 19.3. The summed E-state index contributed by atoms with van der Waals surface area (Å²) < 4.78 is 0. The molecule has 1 saturated heterocycles. The Morgan fingerprint density at radius 3 is 2.60 bits per heavy atom. The molecule has 2 heterocycles. The summed E-state index contributed by atoms with van der Waals surface area (Å²) in [6.07, 6.45) is 0. The van der Waals surface area contributed by atoms with Crippen molar-refractivity contribution in [2.75, 3.05) is 45.6 Å². The molecule has 0 amide bonds. The van der Waals surface area contributed by atoms with Gasteiger partial charge in [0.25, 0.3) is 0 Å². The molecule has 0 spiro atoms. The molecule has 1 N–H and O–H groups in total. The molecule has 1 fully saturated rings. The Labute approximate surface area is 94.1 Å². The van der Waals surface area contributed by atoms with Crippen LogP contribution in [-0.2, 0) is 6.54 Å². The van der Waals surface area contributed by atoms with Crippen molar-refractivity contribution in [2.45, 2.75) is 6.54 Å². The van der Waals surface area contributed by atoms with Crippen molar-refractivity contribution >= 4 is 16.5 Å². The number of nitrogens with zero attached hydrogens (tertiary/aromatic N) is 4. The number of hydrogen-bond donors (Lipinski definition) is 1. The van der Waals surface area contributed by atoms with Crippen LogP contribution in [0.3, 0.4) is 0 Å². The average molecular weight is 227 g/mol. The van der Waals surface area contributed by atoms with Crippen molar-refractivity contribution < 1.29 is 0 Å². The molecule has 1 aliphatic heterocycles.